The van der Waals surface area contributed by atoms with Crippen LogP contribution in [0.15, 0.2) is 91.0 Å². The Balaban J connectivity index is 1.40. The summed E-state index contributed by atoms with van der Waals surface area (Å²) in [6.45, 7) is 2.24. The lowest BCUT2D eigenvalue weighted by Gasteiger charge is -2.39. The number of nitrogens with zero attached hydrogens (tertiary/aromatic N) is 1. The monoisotopic (exact) mass is 470 g/mol. The molecular weight excluding hydrogens is 440 g/mol. The predicted molar refractivity (Wildman–Crippen MR) is 133 cm³/mol. The zero-order chi connectivity index (χ0) is 24.1. The maximum absolute atomic E-state index is 13.8. The Morgan fingerprint density at radius 1 is 0.714 bits per heavy atom. The molecule has 2 heterocycles. The zero-order valence-corrected chi connectivity index (χ0v) is 19.6. The van der Waals surface area contributed by atoms with Crippen LogP contribution in [0.5, 0.6) is 0 Å². The van der Waals surface area contributed by atoms with E-state index in [1.807, 2.05) is 95.9 Å². The second kappa shape index (κ2) is 10.4. The van der Waals surface area contributed by atoms with E-state index in [4.69, 9.17) is 9.47 Å². The molecule has 0 saturated carbocycles. The molecule has 2 fully saturated rings. The van der Waals surface area contributed by atoms with E-state index in [2.05, 4.69) is 5.32 Å². The fourth-order valence-corrected chi connectivity index (χ4v) is 4.98. The third-order valence-corrected chi connectivity index (χ3v) is 6.84. The van der Waals surface area contributed by atoms with Gasteiger partial charge >= 0.3 is 0 Å². The number of benzene rings is 3. The van der Waals surface area contributed by atoms with Crippen molar-refractivity contribution >= 4 is 11.8 Å². The maximum atomic E-state index is 13.8. The Morgan fingerprint density at radius 2 is 1.17 bits per heavy atom. The number of carbonyl (C=O) groups is 2. The van der Waals surface area contributed by atoms with Crippen LogP contribution in [0.4, 0.5) is 0 Å². The summed E-state index contributed by atoms with van der Waals surface area (Å²) in [5.74, 6) is -1.41. The molecule has 6 nitrogen and oxygen atoms in total. The number of carbonyl (C=O) groups excluding carboxylic acids is 2. The molecule has 35 heavy (non-hydrogen) atoms. The van der Waals surface area contributed by atoms with Crippen molar-refractivity contribution in [2.24, 2.45) is 0 Å². The highest BCUT2D eigenvalue weighted by atomic mass is 16.7. The number of amides is 2. The van der Waals surface area contributed by atoms with Crippen molar-refractivity contribution in [2.45, 2.75) is 30.6 Å². The average molecular weight is 471 g/mol. The molecule has 0 aromatic heterocycles. The van der Waals surface area contributed by atoms with Crippen molar-refractivity contribution < 1.29 is 19.1 Å². The summed E-state index contributed by atoms with van der Waals surface area (Å²) in [5, 5.41) is 3.10. The molecule has 3 aromatic carbocycles. The number of nitrogens with one attached hydrogen (secondary N) is 1. The van der Waals surface area contributed by atoms with Crippen LogP contribution in [-0.4, -0.2) is 48.8 Å². The summed E-state index contributed by atoms with van der Waals surface area (Å²) >= 11 is 0. The van der Waals surface area contributed by atoms with Gasteiger partial charge in [0.1, 0.15) is 6.04 Å². The number of hydrogen-bond donors (Lipinski definition) is 1. The minimum Gasteiger partial charge on any atom is -0.347 e. The van der Waals surface area contributed by atoms with E-state index in [-0.39, 0.29) is 11.8 Å². The molecule has 2 saturated heterocycles. The van der Waals surface area contributed by atoms with Crippen LogP contribution < -0.4 is 5.32 Å². The summed E-state index contributed by atoms with van der Waals surface area (Å²) < 4.78 is 11.6. The van der Waals surface area contributed by atoms with E-state index in [0.29, 0.717) is 39.1 Å². The number of likely N-dealkylation sites (tertiary alicyclic amines) is 1. The van der Waals surface area contributed by atoms with Crippen LogP contribution in [0.25, 0.3) is 0 Å². The van der Waals surface area contributed by atoms with Crippen LogP contribution >= 0.6 is 0 Å². The molecule has 0 unspecified atom stereocenters. The van der Waals surface area contributed by atoms with Crippen molar-refractivity contribution in [3.05, 3.63) is 108 Å². The highest BCUT2D eigenvalue weighted by Gasteiger charge is 2.42. The van der Waals surface area contributed by atoms with Crippen molar-refractivity contribution in [3.8, 4) is 0 Å². The molecule has 2 aliphatic heterocycles. The Kier molecular flexibility index (Phi) is 6.93. The van der Waals surface area contributed by atoms with Gasteiger partial charge in [-0.1, -0.05) is 91.0 Å². The molecule has 0 radical (unpaired) electrons. The predicted octanol–water partition coefficient (Wildman–Crippen LogP) is 4.04. The number of ether oxygens (including phenoxy) is 2. The zero-order valence-electron chi connectivity index (χ0n) is 19.6. The van der Waals surface area contributed by atoms with Gasteiger partial charge in [-0.2, -0.15) is 0 Å². The van der Waals surface area contributed by atoms with Gasteiger partial charge in [0.15, 0.2) is 5.79 Å². The van der Waals surface area contributed by atoms with E-state index in [0.717, 1.165) is 16.7 Å². The Labute approximate surface area is 205 Å². The van der Waals surface area contributed by atoms with Crippen LogP contribution in [0.1, 0.15) is 41.5 Å². The third-order valence-electron chi connectivity index (χ3n) is 6.84. The first-order valence-electron chi connectivity index (χ1n) is 12.2. The first-order chi connectivity index (χ1) is 17.2. The largest absolute Gasteiger partial charge is 0.347 e. The normalized spacial score (nSPS) is 17.9. The molecule has 2 aliphatic rings. The molecule has 6 heteroatoms. The smallest absolute Gasteiger partial charge is 0.249 e. The lowest BCUT2D eigenvalue weighted by atomic mass is 9.90. The molecule has 5 rings (SSSR count). The molecule has 1 spiro atoms. The van der Waals surface area contributed by atoms with Gasteiger partial charge in [-0.25, -0.2) is 0 Å². The van der Waals surface area contributed by atoms with Crippen molar-refractivity contribution in [2.75, 3.05) is 26.3 Å². The SMILES string of the molecule is O=C(N[C@@H](C(=O)N1CCC2(CC1)OCCO2)c1ccccc1)C(c1ccccc1)c1ccccc1. The number of piperidine rings is 1. The van der Waals surface area contributed by atoms with Gasteiger partial charge in [-0.15, -0.1) is 0 Å². The average Bonchev–Trinajstić information content (AvgIpc) is 3.37. The highest BCUT2D eigenvalue weighted by molar-refractivity contribution is 5.93. The standard InChI is InChI=1S/C29H30N2O4/c32-27(25(22-10-4-1-5-11-22)23-12-6-2-7-13-23)30-26(24-14-8-3-9-15-24)28(33)31-18-16-29(17-19-31)34-20-21-35-29/h1-15,25-26H,16-21H2,(H,30,32)/t26-/m1/s1. The Bertz CT molecular complexity index is 1080. The summed E-state index contributed by atoms with van der Waals surface area (Å²) in [5.41, 5.74) is 2.52. The molecule has 2 amide bonds. The minimum absolute atomic E-state index is 0.114. The Hall–Kier alpha value is -3.48. The van der Waals surface area contributed by atoms with E-state index < -0.39 is 17.7 Å². The van der Waals surface area contributed by atoms with Gasteiger partial charge < -0.3 is 19.7 Å². The van der Waals surface area contributed by atoms with Crippen LogP contribution in [0.2, 0.25) is 0 Å². The van der Waals surface area contributed by atoms with Crippen molar-refractivity contribution in [1.29, 1.82) is 0 Å². The first-order valence-corrected chi connectivity index (χ1v) is 12.2. The molecule has 0 aliphatic carbocycles. The quantitative estimate of drug-likeness (QED) is 0.591. The van der Waals surface area contributed by atoms with E-state index >= 15 is 0 Å². The van der Waals surface area contributed by atoms with Gasteiger partial charge in [-0.3, -0.25) is 9.59 Å². The van der Waals surface area contributed by atoms with Crippen molar-refractivity contribution in [3.63, 3.8) is 0 Å². The maximum Gasteiger partial charge on any atom is 0.249 e. The van der Waals surface area contributed by atoms with Gasteiger partial charge in [0.25, 0.3) is 0 Å². The van der Waals surface area contributed by atoms with Gasteiger partial charge in [-0.05, 0) is 16.7 Å². The minimum atomic E-state index is -0.780. The van der Waals surface area contributed by atoms with Crippen molar-refractivity contribution in [1.82, 2.24) is 10.2 Å². The molecule has 1 atom stereocenters. The van der Waals surface area contributed by atoms with Crippen LogP contribution in [0, 0.1) is 0 Å². The summed E-state index contributed by atoms with van der Waals surface area (Å²) in [7, 11) is 0. The van der Waals surface area contributed by atoms with E-state index in [1.54, 1.807) is 0 Å². The fraction of sp³-hybridized carbons (Fsp3) is 0.310. The van der Waals surface area contributed by atoms with Gasteiger partial charge in [0, 0.05) is 25.9 Å². The van der Waals surface area contributed by atoms with Crippen LogP contribution in [0.3, 0.4) is 0 Å². The Morgan fingerprint density at radius 3 is 1.66 bits per heavy atom. The molecule has 180 valence electrons. The third kappa shape index (κ3) is 5.14. The number of rotatable bonds is 6. The number of hydrogen-bond acceptors (Lipinski definition) is 4. The lowest BCUT2D eigenvalue weighted by molar-refractivity contribution is -0.188. The fourth-order valence-electron chi connectivity index (χ4n) is 4.98. The first kappa shape index (κ1) is 23.3. The van der Waals surface area contributed by atoms with E-state index in [9.17, 15) is 9.59 Å². The van der Waals surface area contributed by atoms with Gasteiger partial charge in [0.05, 0.1) is 19.1 Å². The molecular formula is C29H30N2O4. The summed E-state index contributed by atoms with van der Waals surface area (Å²) in [6, 6.07) is 28.0. The molecule has 0 bridgehead atoms. The topological polar surface area (TPSA) is 67.9 Å². The van der Waals surface area contributed by atoms with Gasteiger partial charge in [0.2, 0.25) is 11.8 Å². The lowest BCUT2D eigenvalue weighted by Crippen LogP contribution is -2.51. The summed E-state index contributed by atoms with van der Waals surface area (Å²) in [6.07, 6.45) is 1.26. The summed E-state index contributed by atoms with van der Waals surface area (Å²) in [4.78, 5) is 29.4. The molecule has 3 aromatic rings. The van der Waals surface area contributed by atoms with Crippen LogP contribution in [-0.2, 0) is 19.1 Å². The second-order valence-corrected chi connectivity index (χ2v) is 9.04. The molecule has 1 N–H and O–H groups in total. The second-order valence-electron chi connectivity index (χ2n) is 9.04. The highest BCUT2D eigenvalue weighted by Crippen LogP contribution is 2.33. The van der Waals surface area contributed by atoms with E-state index in [1.165, 1.54) is 0 Å².